The second-order valence-corrected chi connectivity index (χ2v) is 8.05. The summed E-state index contributed by atoms with van der Waals surface area (Å²) in [5.74, 6) is 0.0159. The smallest absolute Gasteiger partial charge is 0.267 e. The molecule has 0 unspecified atom stereocenters. The predicted molar refractivity (Wildman–Crippen MR) is 105 cm³/mol. The lowest BCUT2D eigenvalue weighted by molar-refractivity contribution is -0.122. The number of primary sulfonamides is 1. The second-order valence-electron chi connectivity index (χ2n) is 6.49. The Kier molecular flexibility index (Phi) is 5.62. The third kappa shape index (κ3) is 4.95. The Morgan fingerprint density at radius 2 is 1.79 bits per heavy atom. The molecular formula is C18H20N6O4S. The molecule has 0 atom stereocenters. The maximum absolute atomic E-state index is 12.2. The molecule has 10 nitrogen and oxygen atoms in total. The first-order valence-electron chi connectivity index (χ1n) is 8.64. The highest BCUT2D eigenvalue weighted by molar-refractivity contribution is 7.89. The summed E-state index contributed by atoms with van der Waals surface area (Å²) in [6.45, 7) is 3.62. The number of hydrogen-bond acceptors (Lipinski definition) is 6. The highest BCUT2D eigenvalue weighted by Crippen LogP contribution is 2.09. The summed E-state index contributed by atoms with van der Waals surface area (Å²) >= 11 is 0. The van der Waals surface area contributed by atoms with E-state index in [9.17, 15) is 18.0 Å². The van der Waals surface area contributed by atoms with Crippen LogP contribution in [-0.4, -0.2) is 33.9 Å². The molecule has 0 aliphatic carbocycles. The van der Waals surface area contributed by atoms with E-state index in [0.717, 1.165) is 16.1 Å². The quantitative estimate of drug-likeness (QED) is 0.580. The van der Waals surface area contributed by atoms with Crippen molar-refractivity contribution in [2.75, 3.05) is 0 Å². The molecule has 1 aromatic carbocycles. The standard InChI is InChI=1S/C18H20N6O4S/c1-12-9-13(2)24(21-12)16-7-8-18(26)23(22-16)11-17(25)20-10-14-3-5-15(6-4-14)29(19,27)28/h3-9H,10-11H2,1-2H3,(H,20,25)(H2,19,27,28). The van der Waals surface area contributed by atoms with E-state index in [1.807, 2.05) is 19.9 Å². The first kappa shape index (κ1) is 20.4. The maximum Gasteiger partial charge on any atom is 0.267 e. The lowest BCUT2D eigenvalue weighted by Gasteiger charge is -2.09. The first-order chi connectivity index (χ1) is 13.6. The molecule has 3 N–H and O–H groups in total. The van der Waals surface area contributed by atoms with Crippen molar-refractivity contribution < 1.29 is 13.2 Å². The van der Waals surface area contributed by atoms with Crippen LogP contribution in [0.15, 0.2) is 52.2 Å². The van der Waals surface area contributed by atoms with Crippen molar-refractivity contribution in [1.82, 2.24) is 24.9 Å². The number of sulfonamides is 1. The second kappa shape index (κ2) is 7.97. The molecule has 0 radical (unpaired) electrons. The number of rotatable bonds is 6. The molecule has 2 heterocycles. The van der Waals surface area contributed by atoms with E-state index in [1.54, 1.807) is 22.9 Å². The molecule has 0 spiro atoms. The van der Waals surface area contributed by atoms with Gasteiger partial charge in [-0.2, -0.15) is 5.10 Å². The zero-order chi connectivity index (χ0) is 21.2. The molecule has 11 heteroatoms. The number of nitrogens with two attached hydrogens (primary N) is 1. The van der Waals surface area contributed by atoms with E-state index in [1.165, 1.54) is 18.2 Å². The van der Waals surface area contributed by atoms with Crippen LogP contribution in [-0.2, 0) is 27.9 Å². The molecule has 29 heavy (non-hydrogen) atoms. The fraction of sp³-hybridized carbons (Fsp3) is 0.222. The van der Waals surface area contributed by atoms with Gasteiger partial charge in [-0.15, -0.1) is 5.10 Å². The number of carbonyl (C=O) groups is 1. The van der Waals surface area contributed by atoms with E-state index in [4.69, 9.17) is 5.14 Å². The van der Waals surface area contributed by atoms with E-state index < -0.39 is 21.5 Å². The van der Waals surface area contributed by atoms with Gasteiger partial charge in [-0.25, -0.2) is 22.9 Å². The van der Waals surface area contributed by atoms with Crippen LogP contribution in [0.2, 0.25) is 0 Å². The zero-order valence-corrected chi connectivity index (χ0v) is 16.7. The van der Waals surface area contributed by atoms with E-state index >= 15 is 0 Å². The summed E-state index contributed by atoms with van der Waals surface area (Å²) in [6.07, 6.45) is 0. The lowest BCUT2D eigenvalue weighted by Crippen LogP contribution is -2.33. The molecule has 0 saturated carbocycles. The summed E-state index contributed by atoms with van der Waals surface area (Å²) in [5, 5.41) is 16.2. The average Bonchev–Trinajstić information content (AvgIpc) is 2.99. The summed E-state index contributed by atoms with van der Waals surface area (Å²) in [5.41, 5.74) is 1.94. The number of aryl methyl sites for hydroxylation is 2. The van der Waals surface area contributed by atoms with Gasteiger partial charge in [-0.05, 0) is 43.7 Å². The van der Waals surface area contributed by atoms with Crippen LogP contribution in [0, 0.1) is 13.8 Å². The van der Waals surface area contributed by atoms with Crippen molar-refractivity contribution in [1.29, 1.82) is 0 Å². The van der Waals surface area contributed by atoms with Gasteiger partial charge in [0.1, 0.15) is 6.54 Å². The number of aromatic nitrogens is 4. The van der Waals surface area contributed by atoms with Crippen molar-refractivity contribution in [3.05, 3.63) is 69.8 Å². The Morgan fingerprint density at radius 3 is 2.38 bits per heavy atom. The Labute approximate surface area is 167 Å². The Hall–Kier alpha value is -3.31. The minimum atomic E-state index is -3.77. The number of nitrogens with one attached hydrogen (secondary N) is 1. The SMILES string of the molecule is Cc1cc(C)n(-c2ccc(=O)n(CC(=O)NCc3ccc(S(N)(=O)=O)cc3)n2)n1. The van der Waals surface area contributed by atoms with Gasteiger partial charge in [-0.1, -0.05) is 12.1 Å². The van der Waals surface area contributed by atoms with E-state index in [2.05, 4.69) is 15.5 Å². The van der Waals surface area contributed by atoms with Crippen molar-refractivity contribution in [2.24, 2.45) is 5.14 Å². The third-order valence-electron chi connectivity index (χ3n) is 4.11. The van der Waals surface area contributed by atoms with E-state index in [-0.39, 0.29) is 18.0 Å². The van der Waals surface area contributed by atoms with Gasteiger partial charge in [-0.3, -0.25) is 9.59 Å². The van der Waals surface area contributed by atoms with Crippen molar-refractivity contribution >= 4 is 15.9 Å². The molecule has 0 bridgehead atoms. The lowest BCUT2D eigenvalue weighted by atomic mass is 10.2. The van der Waals surface area contributed by atoms with Crippen LogP contribution in [0.3, 0.4) is 0 Å². The van der Waals surface area contributed by atoms with Gasteiger partial charge >= 0.3 is 0 Å². The number of amides is 1. The van der Waals surface area contributed by atoms with Gasteiger partial charge in [0, 0.05) is 18.3 Å². The fourth-order valence-corrected chi connectivity index (χ4v) is 3.23. The number of nitrogens with zero attached hydrogens (tertiary/aromatic N) is 4. The molecular weight excluding hydrogens is 396 g/mol. The monoisotopic (exact) mass is 416 g/mol. The van der Waals surface area contributed by atoms with Gasteiger partial charge < -0.3 is 5.32 Å². The molecule has 152 valence electrons. The topological polar surface area (TPSA) is 142 Å². The van der Waals surface area contributed by atoms with Gasteiger partial charge in [0.05, 0.1) is 10.6 Å². The first-order valence-corrected chi connectivity index (χ1v) is 10.2. The summed E-state index contributed by atoms with van der Waals surface area (Å²) in [7, 11) is -3.77. The molecule has 0 aliphatic rings. The summed E-state index contributed by atoms with van der Waals surface area (Å²) in [4.78, 5) is 24.3. The normalized spacial score (nSPS) is 11.4. The molecule has 0 fully saturated rings. The Morgan fingerprint density at radius 1 is 1.10 bits per heavy atom. The molecule has 0 saturated heterocycles. The van der Waals surface area contributed by atoms with Crippen LogP contribution in [0.5, 0.6) is 0 Å². The third-order valence-corrected chi connectivity index (χ3v) is 5.04. The number of carbonyl (C=O) groups excluding carboxylic acids is 1. The Bertz CT molecular complexity index is 1210. The number of hydrogen-bond donors (Lipinski definition) is 2. The van der Waals surface area contributed by atoms with Gasteiger partial charge in [0.2, 0.25) is 15.9 Å². The number of benzene rings is 1. The van der Waals surface area contributed by atoms with Gasteiger partial charge in [0.25, 0.3) is 5.56 Å². The highest BCUT2D eigenvalue weighted by atomic mass is 32.2. The van der Waals surface area contributed by atoms with Crippen molar-refractivity contribution in [3.8, 4) is 5.82 Å². The summed E-state index contributed by atoms with van der Waals surface area (Å²) < 4.78 is 25.2. The minimum absolute atomic E-state index is 0.00991. The van der Waals surface area contributed by atoms with Crippen LogP contribution >= 0.6 is 0 Å². The van der Waals surface area contributed by atoms with Crippen molar-refractivity contribution in [2.45, 2.75) is 31.8 Å². The van der Waals surface area contributed by atoms with Gasteiger partial charge in [0.15, 0.2) is 5.82 Å². The average molecular weight is 416 g/mol. The molecule has 3 rings (SSSR count). The predicted octanol–water partition coefficient (Wildman–Crippen LogP) is 0.00964. The van der Waals surface area contributed by atoms with Crippen LogP contribution in [0.25, 0.3) is 5.82 Å². The van der Waals surface area contributed by atoms with E-state index in [0.29, 0.717) is 11.4 Å². The molecule has 2 aromatic heterocycles. The molecule has 3 aromatic rings. The van der Waals surface area contributed by atoms with Crippen LogP contribution in [0.1, 0.15) is 17.0 Å². The highest BCUT2D eigenvalue weighted by Gasteiger charge is 2.11. The van der Waals surface area contributed by atoms with Crippen LogP contribution in [0.4, 0.5) is 0 Å². The molecule has 0 aliphatic heterocycles. The largest absolute Gasteiger partial charge is 0.350 e. The summed E-state index contributed by atoms with van der Waals surface area (Å²) in [6, 6.07) is 10.6. The Balaban J connectivity index is 1.68. The zero-order valence-electron chi connectivity index (χ0n) is 15.9. The maximum atomic E-state index is 12.2. The minimum Gasteiger partial charge on any atom is -0.350 e. The molecule has 1 amide bonds. The fourth-order valence-electron chi connectivity index (χ4n) is 2.71. The van der Waals surface area contributed by atoms with Crippen LogP contribution < -0.4 is 16.0 Å². The van der Waals surface area contributed by atoms with Crippen molar-refractivity contribution in [3.63, 3.8) is 0 Å².